The number of carbonyl (C=O) groups excluding carboxylic acids is 1. The molecular weight excluding hydrogens is 344 g/mol. The summed E-state index contributed by atoms with van der Waals surface area (Å²) < 4.78 is 13.5. The number of likely N-dealkylation sites (N-methyl/N-ethyl adjacent to an activating group) is 1. The maximum atomic E-state index is 12.7. The molecule has 7 nitrogen and oxygen atoms in total. The first-order valence-corrected chi connectivity index (χ1v) is 9.73. The molecule has 27 heavy (non-hydrogen) atoms. The van der Waals surface area contributed by atoms with Crippen molar-refractivity contribution in [3.05, 3.63) is 36.2 Å². The fraction of sp³-hybridized carbons (Fsp3) is 0.550. The monoisotopic (exact) mass is 370 g/mol. The lowest BCUT2D eigenvalue weighted by Crippen LogP contribution is -2.41. The summed E-state index contributed by atoms with van der Waals surface area (Å²) in [6.07, 6.45) is 7.96. The minimum Gasteiger partial charge on any atom is -0.486 e. The van der Waals surface area contributed by atoms with Crippen LogP contribution in [0.1, 0.15) is 42.6 Å². The highest BCUT2D eigenvalue weighted by molar-refractivity contribution is 5.91. The summed E-state index contributed by atoms with van der Waals surface area (Å²) in [5.41, 5.74) is 0.380. The smallest absolute Gasteiger partial charge is 0.275 e. The van der Waals surface area contributed by atoms with Gasteiger partial charge in [0.2, 0.25) is 0 Å². The van der Waals surface area contributed by atoms with E-state index in [1.54, 1.807) is 18.1 Å². The number of rotatable bonds is 5. The van der Waals surface area contributed by atoms with Gasteiger partial charge in [-0.1, -0.05) is 36.6 Å². The number of para-hydroxylation sites is 2. The minimum atomic E-state index is -0.203. The second-order valence-corrected chi connectivity index (χ2v) is 7.51. The van der Waals surface area contributed by atoms with Crippen molar-refractivity contribution in [3.63, 3.8) is 0 Å². The van der Waals surface area contributed by atoms with Crippen LogP contribution in [0.4, 0.5) is 0 Å². The van der Waals surface area contributed by atoms with Crippen molar-refractivity contribution in [2.24, 2.45) is 5.92 Å². The Balaban J connectivity index is 1.33. The Labute approximate surface area is 159 Å². The Morgan fingerprint density at radius 3 is 2.81 bits per heavy atom. The van der Waals surface area contributed by atoms with Crippen LogP contribution in [0.15, 0.2) is 30.5 Å². The Morgan fingerprint density at radius 2 is 2.00 bits per heavy atom. The average molecular weight is 370 g/mol. The van der Waals surface area contributed by atoms with Crippen LogP contribution in [0.25, 0.3) is 0 Å². The summed E-state index contributed by atoms with van der Waals surface area (Å²) in [5, 5.41) is 8.23. The van der Waals surface area contributed by atoms with Crippen LogP contribution in [0.5, 0.6) is 11.5 Å². The van der Waals surface area contributed by atoms with Gasteiger partial charge in [-0.15, -0.1) is 5.10 Å². The zero-order valence-electron chi connectivity index (χ0n) is 15.7. The predicted molar refractivity (Wildman–Crippen MR) is 99.9 cm³/mol. The number of amides is 1. The average Bonchev–Trinajstić information content (AvgIpc) is 3.16. The van der Waals surface area contributed by atoms with Gasteiger partial charge >= 0.3 is 0 Å². The van der Waals surface area contributed by atoms with Gasteiger partial charge in [0.1, 0.15) is 6.61 Å². The van der Waals surface area contributed by atoms with E-state index in [-0.39, 0.29) is 12.0 Å². The molecule has 1 atom stereocenters. The van der Waals surface area contributed by atoms with E-state index in [0.29, 0.717) is 30.5 Å². The van der Waals surface area contributed by atoms with Crippen LogP contribution in [0, 0.1) is 5.92 Å². The number of ether oxygens (including phenoxy) is 2. The normalized spacial score (nSPS) is 19.7. The molecule has 0 spiro atoms. The molecule has 144 valence electrons. The molecule has 0 saturated heterocycles. The van der Waals surface area contributed by atoms with Gasteiger partial charge < -0.3 is 14.4 Å². The molecule has 1 aliphatic heterocycles. The maximum absolute atomic E-state index is 12.7. The van der Waals surface area contributed by atoms with Gasteiger partial charge in [-0.3, -0.25) is 9.48 Å². The Kier molecular flexibility index (Phi) is 5.27. The molecule has 2 aliphatic rings. The SMILES string of the molecule is CN(CC1COc2ccccc2O1)C(=O)c1cn(CC2CCCCC2)nn1. The van der Waals surface area contributed by atoms with Crippen molar-refractivity contribution in [3.8, 4) is 11.5 Å². The van der Waals surface area contributed by atoms with E-state index in [4.69, 9.17) is 9.47 Å². The standard InChI is InChI=1S/C20H26N4O3/c1-23(12-16-14-26-18-9-5-6-10-19(18)27-16)20(25)17-13-24(22-21-17)11-15-7-3-2-4-8-15/h5-6,9-10,13,15-16H,2-4,7-8,11-12,14H2,1H3. The molecule has 1 aromatic heterocycles. The lowest BCUT2D eigenvalue weighted by Gasteiger charge is -2.29. The molecule has 0 bridgehead atoms. The van der Waals surface area contributed by atoms with E-state index >= 15 is 0 Å². The van der Waals surface area contributed by atoms with E-state index in [9.17, 15) is 4.79 Å². The highest BCUT2D eigenvalue weighted by atomic mass is 16.6. The third-order valence-corrected chi connectivity index (χ3v) is 5.32. The van der Waals surface area contributed by atoms with Crippen LogP contribution in [0.3, 0.4) is 0 Å². The molecule has 4 rings (SSSR count). The Bertz CT molecular complexity index is 785. The van der Waals surface area contributed by atoms with Crippen molar-refractivity contribution in [1.29, 1.82) is 0 Å². The number of fused-ring (bicyclic) bond motifs is 1. The first kappa shape index (κ1) is 17.8. The predicted octanol–water partition coefficient (Wildman–Crippen LogP) is 2.77. The number of hydrogen-bond acceptors (Lipinski definition) is 5. The topological polar surface area (TPSA) is 69.5 Å². The number of benzene rings is 1. The Morgan fingerprint density at radius 1 is 1.22 bits per heavy atom. The van der Waals surface area contributed by atoms with E-state index in [0.717, 1.165) is 12.3 Å². The zero-order valence-corrected chi connectivity index (χ0v) is 15.7. The fourth-order valence-electron chi connectivity index (χ4n) is 3.86. The molecule has 2 aromatic rings. The number of nitrogens with zero attached hydrogens (tertiary/aromatic N) is 4. The molecule has 1 saturated carbocycles. The van der Waals surface area contributed by atoms with Crippen molar-refractivity contribution in [2.45, 2.75) is 44.8 Å². The molecular formula is C20H26N4O3. The van der Waals surface area contributed by atoms with Gasteiger partial charge in [0, 0.05) is 13.6 Å². The Hall–Kier alpha value is -2.57. The van der Waals surface area contributed by atoms with Crippen molar-refractivity contribution >= 4 is 5.91 Å². The second kappa shape index (κ2) is 7.98. The second-order valence-electron chi connectivity index (χ2n) is 7.51. The molecule has 1 amide bonds. The van der Waals surface area contributed by atoms with E-state index in [1.165, 1.54) is 32.1 Å². The third kappa shape index (κ3) is 4.23. The number of aromatic nitrogens is 3. The maximum Gasteiger partial charge on any atom is 0.275 e. The summed E-state index contributed by atoms with van der Waals surface area (Å²) in [4.78, 5) is 14.3. The summed E-state index contributed by atoms with van der Waals surface area (Å²) in [7, 11) is 1.76. The molecule has 2 heterocycles. The van der Waals surface area contributed by atoms with Crippen LogP contribution in [0.2, 0.25) is 0 Å². The zero-order chi connectivity index (χ0) is 18.6. The fourth-order valence-corrected chi connectivity index (χ4v) is 3.86. The van der Waals surface area contributed by atoms with Crippen LogP contribution >= 0.6 is 0 Å². The van der Waals surface area contributed by atoms with E-state index < -0.39 is 0 Å². The molecule has 7 heteroatoms. The number of hydrogen-bond donors (Lipinski definition) is 0. The van der Waals surface area contributed by atoms with Crippen molar-refractivity contribution < 1.29 is 14.3 Å². The molecule has 0 radical (unpaired) electrons. The van der Waals surface area contributed by atoms with Gasteiger partial charge in [-0.2, -0.15) is 0 Å². The largest absolute Gasteiger partial charge is 0.486 e. The summed E-state index contributed by atoms with van der Waals surface area (Å²) in [6, 6.07) is 7.57. The summed E-state index contributed by atoms with van der Waals surface area (Å²) in [6.45, 7) is 1.70. The summed E-state index contributed by atoms with van der Waals surface area (Å²) in [5.74, 6) is 1.96. The first-order valence-electron chi connectivity index (χ1n) is 9.73. The van der Waals surface area contributed by atoms with Crippen LogP contribution in [-0.2, 0) is 6.54 Å². The number of carbonyl (C=O) groups is 1. The van der Waals surface area contributed by atoms with Crippen molar-refractivity contribution in [2.75, 3.05) is 20.2 Å². The third-order valence-electron chi connectivity index (χ3n) is 5.32. The highest BCUT2D eigenvalue weighted by Gasteiger charge is 2.25. The van der Waals surface area contributed by atoms with Crippen LogP contribution in [-0.4, -0.2) is 52.1 Å². The van der Waals surface area contributed by atoms with Gasteiger partial charge in [-0.25, -0.2) is 0 Å². The summed E-state index contributed by atoms with van der Waals surface area (Å²) >= 11 is 0. The van der Waals surface area contributed by atoms with Crippen LogP contribution < -0.4 is 9.47 Å². The van der Waals surface area contributed by atoms with Gasteiger partial charge in [-0.05, 0) is 30.9 Å². The van der Waals surface area contributed by atoms with Gasteiger partial charge in [0.05, 0.1) is 12.7 Å². The highest BCUT2D eigenvalue weighted by Crippen LogP contribution is 2.31. The van der Waals surface area contributed by atoms with Gasteiger partial charge in [0.25, 0.3) is 5.91 Å². The molecule has 1 fully saturated rings. The lowest BCUT2D eigenvalue weighted by molar-refractivity contribution is 0.0517. The molecule has 0 N–H and O–H groups in total. The first-order chi connectivity index (χ1) is 13.2. The molecule has 1 aliphatic carbocycles. The molecule has 1 aromatic carbocycles. The van der Waals surface area contributed by atoms with E-state index in [2.05, 4.69) is 10.3 Å². The lowest BCUT2D eigenvalue weighted by atomic mass is 9.89. The minimum absolute atomic E-state index is 0.146. The quantitative estimate of drug-likeness (QED) is 0.809. The molecule has 1 unspecified atom stereocenters. The van der Waals surface area contributed by atoms with Gasteiger partial charge in [0.15, 0.2) is 23.3 Å². The van der Waals surface area contributed by atoms with Crippen molar-refractivity contribution in [1.82, 2.24) is 19.9 Å². The van der Waals surface area contributed by atoms with E-state index in [1.807, 2.05) is 28.9 Å².